The third-order valence-corrected chi connectivity index (χ3v) is 3.68. The van der Waals surface area contributed by atoms with Crippen molar-refractivity contribution in [1.29, 1.82) is 0 Å². The maximum atomic E-state index is 11.5. The first-order chi connectivity index (χ1) is 10.3. The zero-order valence-electron chi connectivity index (χ0n) is 13.6. The molecule has 0 aliphatic heterocycles. The molecule has 2 aromatic rings. The smallest absolute Gasteiger partial charge is 0.336 e. The zero-order valence-corrected chi connectivity index (χ0v) is 13.6. The van der Waals surface area contributed by atoms with Crippen LogP contribution in [0.25, 0.3) is 11.6 Å². The van der Waals surface area contributed by atoms with E-state index in [1.807, 2.05) is 43.3 Å². The van der Waals surface area contributed by atoms with E-state index in [0.29, 0.717) is 5.57 Å². The fourth-order valence-electron chi connectivity index (χ4n) is 2.25. The van der Waals surface area contributed by atoms with E-state index < -0.39 is 5.97 Å². The monoisotopic (exact) mass is 294 g/mol. The molecule has 2 heteroatoms. The number of carboxylic acids is 1. The van der Waals surface area contributed by atoms with Crippen molar-refractivity contribution in [1.82, 2.24) is 0 Å². The van der Waals surface area contributed by atoms with Crippen LogP contribution in [0.15, 0.2) is 48.5 Å². The van der Waals surface area contributed by atoms with Crippen molar-refractivity contribution in [3.05, 3.63) is 70.8 Å². The summed E-state index contributed by atoms with van der Waals surface area (Å²) in [6, 6.07) is 15.6. The molecule has 2 aromatic carbocycles. The Kier molecular flexibility index (Phi) is 4.51. The summed E-state index contributed by atoms with van der Waals surface area (Å²) in [7, 11) is 0. The summed E-state index contributed by atoms with van der Waals surface area (Å²) in [5, 5.41) is 9.47. The second-order valence-corrected chi connectivity index (χ2v) is 6.60. The van der Waals surface area contributed by atoms with Gasteiger partial charge in [0.05, 0.1) is 5.57 Å². The Bertz CT molecular complexity index is 684. The Morgan fingerprint density at radius 2 is 1.50 bits per heavy atom. The molecule has 0 aliphatic carbocycles. The van der Waals surface area contributed by atoms with E-state index in [1.54, 1.807) is 6.08 Å². The lowest BCUT2D eigenvalue weighted by Gasteiger charge is -2.18. The normalized spacial score (nSPS) is 12.3. The SMILES string of the molecule is Cc1ccc(/C(=C/c2ccc(C(C)(C)C)cc2)C(=O)O)cc1. The van der Waals surface area contributed by atoms with Crippen LogP contribution in [0.3, 0.4) is 0 Å². The molecular formula is C20H22O2. The Morgan fingerprint density at radius 3 is 1.95 bits per heavy atom. The first-order valence-electron chi connectivity index (χ1n) is 7.40. The molecule has 0 heterocycles. The van der Waals surface area contributed by atoms with Crippen molar-refractivity contribution in [2.24, 2.45) is 0 Å². The largest absolute Gasteiger partial charge is 0.478 e. The molecule has 0 fully saturated rings. The lowest BCUT2D eigenvalue weighted by molar-refractivity contribution is -0.130. The highest BCUT2D eigenvalue weighted by atomic mass is 16.4. The van der Waals surface area contributed by atoms with E-state index in [4.69, 9.17) is 0 Å². The van der Waals surface area contributed by atoms with Gasteiger partial charge in [-0.2, -0.15) is 0 Å². The maximum Gasteiger partial charge on any atom is 0.336 e. The highest BCUT2D eigenvalue weighted by Crippen LogP contribution is 2.24. The summed E-state index contributed by atoms with van der Waals surface area (Å²) in [5.41, 5.74) is 4.36. The molecular weight excluding hydrogens is 272 g/mol. The van der Waals surface area contributed by atoms with Crippen molar-refractivity contribution in [3.8, 4) is 0 Å². The summed E-state index contributed by atoms with van der Waals surface area (Å²) in [6.07, 6.45) is 1.72. The van der Waals surface area contributed by atoms with Gasteiger partial charge in [0.2, 0.25) is 0 Å². The van der Waals surface area contributed by atoms with Gasteiger partial charge in [0.25, 0.3) is 0 Å². The molecule has 0 spiro atoms. The van der Waals surface area contributed by atoms with Crippen LogP contribution in [0.5, 0.6) is 0 Å². The van der Waals surface area contributed by atoms with Crippen LogP contribution in [0.2, 0.25) is 0 Å². The van der Waals surface area contributed by atoms with Crippen LogP contribution < -0.4 is 0 Å². The molecule has 114 valence electrons. The Hall–Kier alpha value is -2.35. The van der Waals surface area contributed by atoms with Gasteiger partial charge in [-0.3, -0.25) is 0 Å². The number of hydrogen-bond acceptors (Lipinski definition) is 1. The van der Waals surface area contributed by atoms with E-state index in [9.17, 15) is 9.90 Å². The average Bonchev–Trinajstić information content (AvgIpc) is 2.45. The van der Waals surface area contributed by atoms with Gasteiger partial charge in [-0.15, -0.1) is 0 Å². The van der Waals surface area contributed by atoms with E-state index in [2.05, 4.69) is 32.9 Å². The minimum Gasteiger partial charge on any atom is -0.478 e. The van der Waals surface area contributed by atoms with Crippen LogP contribution in [-0.4, -0.2) is 11.1 Å². The number of benzene rings is 2. The Labute approximate surface area is 132 Å². The number of hydrogen-bond donors (Lipinski definition) is 1. The molecule has 0 saturated heterocycles. The van der Waals surface area contributed by atoms with Gasteiger partial charge in [0.15, 0.2) is 0 Å². The predicted octanol–water partition coefficient (Wildman–Crippen LogP) is 4.92. The zero-order chi connectivity index (χ0) is 16.3. The molecule has 0 unspecified atom stereocenters. The van der Waals surface area contributed by atoms with Gasteiger partial charge in [-0.05, 0) is 35.1 Å². The van der Waals surface area contributed by atoms with E-state index in [1.165, 1.54) is 5.56 Å². The fraction of sp³-hybridized carbons (Fsp3) is 0.250. The first kappa shape index (κ1) is 16.0. The van der Waals surface area contributed by atoms with Crippen LogP contribution in [0, 0.1) is 6.92 Å². The third-order valence-electron chi connectivity index (χ3n) is 3.68. The molecule has 0 aliphatic rings. The lowest BCUT2D eigenvalue weighted by atomic mass is 9.86. The Morgan fingerprint density at radius 1 is 0.955 bits per heavy atom. The summed E-state index contributed by atoms with van der Waals surface area (Å²) >= 11 is 0. The van der Waals surface area contributed by atoms with E-state index in [0.717, 1.165) is 16.7 Å². The number of aryl methyl sites for hydroxylation is 1. The van der Waals surface area contributed by atoms with Gasteiger partial charge >= 0.3 is 5.97 Å². The summed E-state index contributed by atoms with van der Waals surface area (Å²) in [6.45, 7) is 8.46. The minimum absolute atomic E-state index is 0.0921. The summed E-state index contributed by atoms with van der Waals surface area (Å²) < 4.78 is 0. The lowest BCUT2D eigenvalue weighted by Crippen LogP contribution is -2.10. The topological polar surface area (TPSA) is 37.3 Å². The third kappa shape index (κ3) is 3.85. The summed E-state index contributed by atoms with van der Waals surface area (Å²) in [4.78, 5) is 11.5. The quantitative estimate of drug-likeness (QED) is 0.644. The van der Waals surface area contributed by atoms with Crippen molar-refractivity contribution in [2.45, 2.75) is 33.1 Å². The first-order valence-corrected chi connectivity index (χ1v) is 7.40. The number of aliphatic carboxylic acids is 1. The average molecular weight is 294 g/mol. The number of rotatable bonds is 3. The highest BCUT2D eigenvalue weighted by molar-refractivity contribution is 6.20. The van der Waals surface area contributed by atoms with E-state index in [-0.39, 0.29) is 5.41 Å². The minimum atomic E-state index is -0.913. The molecule has 2 nitrogen and oxygen atoms in total. The van der Waals surface area contributed by atoms with Crippen molar-refractivity contribution >= 4 is 17.6 Å². The molecule has 0 aromatic heterocycles. The molecule has 0 radical (unpaired) electrons. The second kappa shape index (κ2) is 6.18. The van der Waals surface area contributed by atoms with Crippen molar-refractivity contribution in [2.75, 3.05) is 0 Å². The van der Waals surface area contributed by atoms with Crippen LogP contribution in [0.1, 0.15) is 43.0 Å². The molecule has 0 bridgehead atoms. The standard InChI is InChI=1S/C20H22O2/c1-14-5-9-16(10-6-14)18(19(21)22)13-15-7-11-17(12-8-15)20(2,3)4/h5-13H,1-4H3,(H,21,22)/b18-13-. The molecule has 0 amide bonds. The van der Waals surface area contributed by atoms with Crippen LogP contribution >= 0.6 is 0 Å². The highest BCUT2D eigenvalue weighted by Gasteiger charge is 2.13. The molecule has 0 saturated carbocycles. The Balaban J connectivity index is 2.38. The maximum absolute atomic E-state index is 11.5. The van der Waals surface area contributed by atoms with Crippen molar-refractivity contribution in [3.63, 3.8) is 0 Å². The molecule has 1 N–H and O–H groups in total. The van der Waals surface area contributed by atoms with Crippen LogP contribution in [-0.2, 0) is 10.2 Å². The van der Waals surface area contributed by atoms with Crippen LogP contribution in [0.4, 0.5) is 0 Å². The van der Waals surface area contributed by atoms with Gasteiger partial charge in [-0.1, -0.05) is 74.9 Å². The molecule has 2 rings (SSSR count). The van der Waals surface area contributed by atoms with Gasteiger partial charge in [0.1, 0.15) is 0 Å². The molecule has 0 atom stereocenters. The second-order valence-electron chi connectivity index (χ2n) is 6.60. The summed E-state index contributed by atoms with van der Waals surface area (Å²) in [5.74, 6) is -0.913. The van der Waals surface area contributed by atoms with Gasteiger partial charge < -0.3 is 5.11 Å². The predicted molar refractivity (Wildman–Crippen MR) is 91.8 cm³/mol. The molecule has 22 heavy (non-hydrogen) atoms. The van der Waals surface area contributed by atoms with Crippen molar-refractivity contribution < 1.29 is 9.90 Å². The number of carboxylic acid groups (broad SMARTS) is 1. The number of carbonyl (C=O) groups is 1. The fourth-order valence-corrected chi connectivity index (χ4v) is 2.25. The van der Waals surface area contributed by atoms with E-state index >= 15 is 0 Å². The van der Waals surface area contributed by atoms with Gasteiger partial charge in [-0.25, -0.2) is 4.79 Å². The van der Waals surface area contributed by atoms with Gasteiger partial charge in [0, 0.05) is 0 Å².